The number of hydrogen-bond donors (Lipinski definition) is 6. The topological polar surface area (TPSA) is 121 Å². The summed E-state index contributed by atoms with van der Waals surface area (Å²) in [6, 6.07) is 11.9. The zero-order valence-electron chi connectivity index (χ0n) is 13.7. The summed E-state index contributed by atoms with van der Waals surface area (Å²) in [5.41, 5.74) is 2.15. The van der Waals surface area contributed by atoms with Crippen LogP contribution < -0.4 is 0 Å². The predicted molar refractivity (Wildman–Crippen MR) is 94.9 cm³/mol. The van der Waals surface area contributed by atoms with E-state index in [1.165, 1.54) is 0 Å². The lowest BCUT2D eigenvalue weighted by atomic mass is 9.97. The van der Waals surface area contributed by atoms with E-state index < -0.39 is 0 Å². The van der Waals surface area contributed by atoms with Crippen molar-refractivity contribution in [2.75, 3.05) is 0 Å². The van der Waals surface area contributed by atoms with Crippen LogP contribution in [0.1, 0.15) is 22.3 Å². The number of benzene rings is 3. The normalized spacial score (nSPS) is 10.8. The molecule has 6 N–H and O–H groups in total. The first-order valence-electron chi connectivity index (χ1n) is 7.89. The summed E-state index contributed by atoms with van der Waals surface area (Å²) >= 11 is 0. The van der Waals surface area contributed by atoms with Crippen LogP contribution in [-0.2, 0) is 12.8 Å². The highest BCUT2D eigenvalue weighted by atomic mass is 16.3. The van der Waals surface area contributed by atoms with Gasteiger partial charge in [0.25, 0.3) is 0 Å². The van der Waals surface area contributed by atoms with Gasteiger partial charge in [0.05, 0.1) is 0 Å². The van der Waals surface area contributed by atoms with E-state index in [4.69, 9.17) is 0 Å². The highest BCUT2D eigenvalue weighted by molar-refractivity contribution is 5.52. The van der Waals surface area contributed by atoms with E-state index in [0.717, 1.165) is 35.4 Å². The summed E-state index contributed by atoms with van der Waals surface area (Å²) in [4.78, 5) is 0. The molecule has 0 saturated heterocycles. The molecule has 0 radical (unpaired) electrons. The fourth-order valence-electron chi connectivity index (χ4n) is 2.87. The van der Waals surface area contributed by atoms with E-state index in [1.807, 2.05) is 18.2 Å². The van der Waals surface area contributed by atoms with E-state index in [0.29, 0.717) is 0 Å². The van der Waals surface area contributed by atoms with Gasteiger partial charge < -0.3 is 30.6 Å². The maximum atomic E-state index is 9.93. The van der Waals surface area contributed by atoms with Gasteiger partial charge in [-0.2, -0.15) is 0 Å². The molecule has 0 aliphatic rings. The Balaban J connectivity index is 1.88. The maximum absolute atomic E-state index is 9.93. The second kappa shape index (κ2) is 6.76. The van der Waals surface area contributed by atoms with Gasteiger partial charge in [-0.3, -0.25) is 0 Å². The molecule has 0 fully saturated rings. The van der Waals surface area contributed by atoms with Crippen LogP contribution in [0.15, 0.2) is 48.5 Å². The monoisotopic (exact) mass is 354 g/mol. The Kier molecular flexibility index (Phi) is 4.49. The van der Waals surface area contributed by atoms with Crippen molar-refractivity contribution in [3.05, 3.63) is 70.8 Å². The molecule has 134 valence electrons. The Morgan fingerprint density at radius 3 is 1.19 bits per heavy atom. The van der Waals surface area contributed by atoms with Crippen molar-refractivity contribution in [2.24, 2.45) is 0 Å². The predicted octanol–water partition coefficient (Wildman–Crippen LogP) is 3.10. The van der Waals surface area contributed by atoms with Gasteiger partial charge >= 0.3 is 0 Å². The summed E-state index contributed by atoms with van der Waals surface area (Å²) < 4.78 is 0. The number of hydrogen-bond acceptors (Lipinski definition) is 6. The van der Waals surface area contributed by atoms with Crippen LogP contribution in [0.5, 0.6) is 34.5 Å². The fourth-order valence-corrected chi connectivity index (χ4v) is 2.87. The summed E-state index contributed by atoms with van der Waals surface area (Å²) in [6.07, 6.45) is 0.471. The minimum absolute atomic E-state index is 0.207. The molecule has 0 aromatic heterocycles. The molecule has 6 heteroatoms. The molecule has 0 aliphatic heterocycles. The average Bonchev–Trinajstić information content (AvgIpc) is 2.55. The van der Waals surface area contributed by atoms with Crippen LogP contribution in [0.4, 0.5) is 0 Å². The molecule has 0 unspecified atom stereocenters. The molecular formula is C20H18O6. The van der Waals surface area contributed by atoms with Crippen molar-refractivity contribution >= 4 is 0 Å². The molecule has 0 aliphatic carbocycles. The summed E-state index contributed by atoms with van der Waals surface area (Å²) in [5, 5.41) is 58.5. The second-order valence-corrected chi connectivity index (χ2v) is 6.10. The molecule has 3 rings (SSSR count). The van der Waals surface area contributed by atoms with Crippen molar-refractivity contribution in [3.8, 4) is 34.5 Å². The van der Waals surface area contributed by atoms with Gasteiger partial charge in [0.2, 0.25) is 0 Å². The Morgan fingerprint density at radius 2 is 0.846 bits per heavy atom. The quantitative estimate of drug-likeness (QED) is 0.428. The number of rotatable bonds is 4. The maximum Gasteiger partial charge on any atom is 0.126 e. The Bertz CT molecular complexity index is 844. The van der Waals surface area contributed by atoms with Crippen LogP contribution >= 0.6 is 0 Å². The zero-order valence-corrected chi connectivity index (χ0v) is 13.7. The van der Waals surface area contributed by atoms with Crippen LogP contribution in [0.3, 0.4) is 0 Å². The molecule has 0 heterocycles. The molecular weight excluding hydrogens is 336 g/mol. The molecule has 0 atom stereocenters. The van der Waals surface area contributed by atoms with Gasteiger partial charge in [-0.1, -0.05) is 24.3 Å². The van der Waals surface area contributed by atoms with Crippen molar-refractivity contribution in [1.29, 1.82) is 0 Å². The highest BCUT2D eigenvalue weighted by Gasteiger charge is 2.13. The lowest BCUT2D eigenvalue weighted by molar-refractivity contribution is 0.419. The van der Waals surface area contributed by atoms with E-state index >= 15 is 0 Å². The molecule has 6 nitrogen and oxygen atoms in total. The summed E-state index contributed by atoms with van der Waals surface area (Å²) in [5.74, 6) is -1.28. The van der Waals surface area contributed by atoms with Gasteiger partial charge in [0.1, 0.15) is 34.5 Å². The standard InChI is InChI=1S/C20H18O6/c21-13-7-17(23)15(18(24)8-13)5-11-2-1-3-12(4-11)6-16-19(25)9-14(22)10-20(16)26/h1-4,7-10,21-26H,5-6H2. The van der Waals surface area contributed by atoms with E-state index in [9.17, 15) is 30.6 Å². The van der Waals surface area contributed by atoms with Crippen LogP contribution in [-0.4, -0.2) is 30.6 Å². The van der Waals surface area contributed by atoms with Gasteiger partial charge in [-0.05, 0) is 11.1 Å². The van der Waals surface area contributed by atoms with Crippen LogP contribution in [0.2, 0.25) is 0 Å². The van der Waals surface area contributed by atoms with Crippen molar-refractivity contribution < 1.29 is 30.6 Å². The SMILES string of the molecule is Oc1cc(O)c(Cc2cccc(Cc3c(O)cc(O)cc3O)c2)c(O)c1. The third-order valence-corrected chi connectivity index (χ3v) is 4.13. The minimum atomic E-state index is -0.226. The smallest absolute Gasteiger partial charge is 0.126 e. The van der Waals surface area contributed by atoms with Gasteiger partial charge in [0, 0.05) is 48.2 Å². The molecule has 0 amide bonds. The first kappa shape index (κ1) is 17.3. The van der Waals surface area contributed by atoms with Crippen LogP contribution in [0.25, 0.3) is 0 Å². The molecule has 0 spiro atoms. The first-order chi connectivity index (χ1) is 12.3. The minimum Gasteiger partial charge on any atom is -0.508 e. The van der Waals surface area contributed by atoms with Crippen LogP contribution in [0, 0.1) is 0 Å². The molecule has 0 bridgehead atoms. The summed E-state index contributed by atoms with van der Waals surface area (Å²) in [6.45, 7) is 0. The Morgan fingerprint density at radius 1 is 0.500 bits per heavy atom. The number of aromatic hydroxyl groups is 6. The number of phenols is 6. The second-order valence-electron chi connectivity index (χ2n) is 6.10. The molecule has 0 saturated carbocycles. The van der Waals surface area contributed by atoms with Gasteiger partial charge in [0.15, 0.2) is 0 Å². The highest BCUT2D eigenvalue weighted by Crippen LogP contribution is 2.35. The van der Waals surface area contributed by atoms with Crippen molar-refractivity contribution in [1.82, 2.24) is 0 Å². The molecule has 3 aromatic rings. The zero-order chi connectivity index (χ0) is 18.8. The Labute approximate surface area is 149 Å². The Hall–Kier alpha value is -3.54. The van der Waals surface area contributed by atoms with E-state index in [-0.39, 0.29) is 58.5 Å². The third kappa shape index (κ3) is 3.59. The lowest BCUT2D eigenvalue weighted by Crippen LogP contribution is -1.94. The number of phenolic OH excluding ortho intramolecular Hbond substituents is 6. The van der Waals surface area contributed by atoms with Crippen molar-refractivity contribution in [2.45, 2.75) is 12.8 Å². The average molecular weight is 354 g/mol. The largest absolute Gasteiger partial charge is 0.508 e. The van der Waals surface area contributed by atoms with Crippen molar-refractivity contribution in [3.63, 3.8) is 0 Å². The van der Waals surface area contributed by atoms with Gasteiger partial charge in [-0.15, -0.1) is 0 Å². The summed E-state index contributed by atoms with van der Waals surface area (Å²) in [7, 11) is 0. The fraction of sp³-hybridized carbons (Fsp3) is 0.100. The molecule has 26 heavy (non-hydrogen) atoms. The van der Waals surface area contributed by atoms with Gasteiger partial charge in [-0.25, -0.2) is 0 Å². The third-order valence-electron chi connectivity index (χ3n) is 4.13. The van der Waals surface area contributed by atoms with E-state index in [2.05, 4.69) is 0 Å². The first-order valence-corrected chi connectivity index (χ1v) is 7.89. The lowest BCUT2D eigenvalue weighted by Gasteiger charge is -2.11. The van der Waals surface area contributed by atoms with E-state index in [1.54, 1.807) is 6.07 Å². The molecule has 3 aromatic carbocycles.